The molecule has 2 rings (SSSR count). The largest absolute Gasteiger partial charge is 0.383 e. The number of methoxy groups -OCH3 is 1. The summed E-state index contributed by atoms with van der Waals surface area (Å²) in [6.07, 6.45) is 1.95. The van der Waals surface area contributed by atoms with Gasteiger partial charge in [0.25, 0.3) is 0 Å². The second kappa shape index (κ2) is 8.17. The van der Waals surface area contributed by atoms with Gasteiger partial charge >= 0.3 is 0 Å². The van der Waals surface area contributed by atoms with Crippen LogP contribution in [0.4, 0.5) is 0 Å². The molecule has 0 aliphatic rings. The molecule has 0 saturated carbocycles. The van der Waals surface area contributed by atoms with Crippen molar-refractivity contribution in [2.24, 2.45) is 0 Å². The Morgan fingerprint density at radius 3 is 2.81 bits per heavy atom. The van der Waals surface area contributed by atoms with Crippen LogP contribution in [0.2, 0.25) is 0 Å². The first kappa shape index (κ1) is 16.0. The lowest BCUT2D eigenvalue weighted by molar-refractivity contribution is 0.199. The summed E-state index contributed by atoms with van der Waals surface area (Å²) in [5.41, 5.74) is 3.70. The highest BCUT2D eigenvalue weighted by Gasteiger charge is 2.04. The molecule has 0 aliphatic carbocycles. The standard InChI is InChI=1S/C17H22N2OS/c1-13-5-4-6-16(9-13)21-17-14(2)10-15(12-19-17)11-18-7-8-20-3/h4-6,9-10,12,18H,7-8,11H2,1-3H3. The van der Waals surface area contributed by atoms with Gasteiger partial charge in [0.15, 0.2) is 0 Å². The smallest absolute Gasteiger partial charge is 0.104 e. The van der Waals surface area contributed by atoms with Crippen molar-refractivity contribution in [2.45, 2.75) is 30.3 Å². The highest BCUT2D eigenvalue weighted by molar-refractivity contribution is 7.99. The molecule has 2 aromatic rings. The Labute approximate surface area is 131 Å². The summed E-state index contributed by atoms with van der Waals surface area (Å²) in [7, 11) is 1.71. The van der Waals surface area contributed by atoms with Crippen molar-refractivity contribution in [2.75, 3.05) is 20.3 Å². The Morgan fingerprint density at radius 2 is 2.10 bits per heavy atom. The van der Waals surface area contributed by atoms with Gasteiger partial charge in [0.05, 0.1) is 6.61 Å². The van der Waals surface area contributed by atoms with Gasteiger partial charge in [-0.05, 0) is 37.1 Å². The fourth-order valence-corrected chi connectivity index (χ4v) is 2.96. The van der Waals surface area contributed by atoms with Crippen LogP contribution in [0.15, 0.2) is 46.5 Å². The Hall–Kier alpha value is -1.36. The number of ether oxygens (including phenoxy) is 1. The molecule has 4 heteroatoms. The molecule has 3 nitrogen and oxygen atoms in total. The van der Waals surface area contributed by atoms with Crippen molar-refractivity contribution in [3.8, 4) is 0 Å². The van der Waals surface area contributed by atoms with Crippen LogP contribution in [0.1, 0.15) is 16.7 Å². The van der Waals surface area contributed by atoms with Gasteiger partial charge in [-0.2, -0.15) is 0 Å². The minimum Gasteiger partial charge on any atom is -0.383 e. The fourth-order valence-electron chi connectivity index (χ4n) is 2.02. The SMILES string of the molecule is COCCNCc1cnc(Sc2cccc(C)c2)c(C)c1. The predicted octanol–water partition coefficient (Wildman–Crippen LogP) is 3.59. The van der Waals surface area contributed by atoms with Crippen molar-refractivity contribution >= 4 is 11.8 Å². The molecule has 112 valence electrons. The summed E-state index contributed by atoms with van der Waals surface area (Å²) in [6, 6.07) is 10.7. The van der Waals surface area contributed by atoms with Crippen LogP contribution in [0.25, 0.3) is 0 Å². The first-order valence-corrected chi connectivity index (χ1v) is 7.90. The van der Waals surface area contributed by atoms with E-state index in [1.165, 1.54) is 21.6 Å². The van der Waals surface area contributed by atoms with Crippen molar-refractivity contribution in [1.82, 2.24) is 10.3 Å². The van der Waals surface area contributed by atoms with Crippen LogP contribution >= 0.6 is 11.8 Å². The zero-order valence-corrected chi connectivity index (χ0v) is 13.7. The van der Waals surface area contributed by atoms with Crippen LogP contribution < -0.4 is 5.32 Å². The first-order valence-electron chi connectivity index (χ1n) is 7.09. The molecule has 0 fully saturated rings. The molecule has 0 amide bonds. The Morgan fingerprint density at radius 1 is 1.24 bits per heavy atom. The van der Waals surface area contributed by atoms with E-state index in [1.54, 1.807) is 18.9 Å². The highest BCUT2D eigenvalue weighted by atomic mass is 32.2. The zero-order valence-electron chi connectivity index (χ0n) is 12.8. The van der Waals surface area contributed by atoms with Crippen molar-refractivity contribution < 1.29 is 4.74 Å². The van der Waals surface area contributed by atoms with E-state index in [0.717, 1.165) is 24.7 Å². The number of aromatic nitrogens is 1. The summed E-state index contributed by atoms with van der Waals surface area (Å²) in [5.74, 6) is 0. The Kier molecular flexibility index (Phi) is 6.23. The number of aryl methyl sites for hydroxylation is 2. The molecular weight excluding hydrogens is 280 g/mol. The Bertz CT molecular complexity index is 587. The van der Waals surface area contributed by atoms with E-state index in [0.29, 0.717) is 0 Å². The molecule has 1 heterocycles. The van der Waals surface area contributed by atoms with Gasteiger partial charge in [0.1, 0.15) is 5.03 Å². The molecule has 0 aliphatic heterocycles. The summed E-state index contributed by atoms with van der Waals surface area (Å²) in [5, 5.41) is 4.41. The van der Waals surface area contributed by atoms with Gasteiger partial charge in [0, 0.05) is 31.3 Å². The minimum absolute atomic E-state index is 0.730. The minimum atomic E-state index is 0.730. The van der Waals surface area contributed by atoms with E-state index in [9.17, 15) is 0 Å². The number of hydrogen-bond acceptors (Lipinski definition) is 4. The van der Waals surface area contributed by atoms with Gasteiger partial charge in [-0.15, -0.1) is 0 Å². The number of hydrogen-bond donors (Lipinski definition) is 1. The van der Waals surface area contributed by atoms with E-state index in [-0.39, 0.29) is 0 Å². The quantitative estimate of drug-likeness (QED) is 0.793. The van der Waals surface area contributed by atoms with Crippen LogP contribution in [0.3, 0.4) is 0 Å². The normalized spacial score (nSPS) is 10.8. The predicted molar refractivity (Wildman–Crippen MR) is 87.9 cm³/mol. The number of rotatable bonds is 7. The highest BCUT2D eigenvalue weighted by Crippen LogP contribution is 2.29. The molecule has 21 heavy (non-hydrogen) atoms. The average molecular weight is 302 g/mol. The van der Waals surface area contributed by atoms with E-state index >= 15 is 0 Å². The van der Waals surface area contributed by atoms with Gasteiger partial charge in [-0.25, -0.2) is 4.98 Å². The van der Waals surface area contributed by atoms with Gasteiger partial charge in [0.2, 0.25) is 0 Å². The number of nitrogens with zero attached hydrogens (tertiary/aromatic N) is 1. The zero-order chi connectivity index (χ0) is 15.1. The van der Waals surface area contributed by atoms with Crippen LogP contribution in [-0.2, 0) is 11.3 Å². The van der Waals surface area contributed by atoms with E-state index in [2.05, 4.69) is 54.5 Å². The summed E-state index contributed by atoms with van der Waals surface area (Å²) in [4.78, 5) is 5.83. The molecule has 1 N–H and O–H groups in total. The summed E-state index contributed by atoms with van der Waals surface area (Å²) < 4.78 is 5.02. The lowest BCUT2D eigenvalue weighted by atomic mass is 10.2. The average Bonchev–Trinajstić information content (AvgIpc) is 2.46. The second-order valence-electron chi connectivity index (χ2n) is 5.05. The molecule has 1 aromatic carbocycles. The van der Waals surface area contributed by atoms with Gasteiger partial charge < -0.3 is 10.1 Å². The van der Waals surface area contributed by atoms with E-state index < -0.39 is 0 Å². The van der Waals surface area contributed by atoms with Gasteiger partial charge in [-0.1, -0.05) is 35.5 Å². The molecule has 0 unspecified atom stereocenters. The third-order valence-electron chi connectivity index (χ3n) is 3.10. The molecular formula is C17H22N2OS. The molecule has 1 aromatic heterocycles. The number of pyridine rings is 1. The third-order valence-corrected chi connectivity index (χ3v) is 4.21. The van der Waals surface area contributed by atoms with Gasteiger partial charge in [-0.3, -0.25) is 0 Å². The monoisotopic (exact) mass is 302 g/mol. The topological polar surface area (TPSA) is 34.1 Å². The lowest BCUT2D eigenvalue weighted by Crippen LogP contribution is -2.18. The van der Waals surface area contributed by atoms with Crippen LogP contribution in [0, 0.1) is 13.8 Å². The maximum absolute atomic E-state index is 5.02. The molecule has 0 radical (unpaired) electrons. The fraction of sp³-hybridized carbons (Fsp3) is 0.353. The molecule has 0 bridgehead atoms. The molecule has 0 atom stereocenters. The lowest BCUT2D eigenvalue weighted by Gasteiger charge is -2.09. The Balaban J connectivity index is 1.98. The first-order chi connectivity index (χ1) is 10.2. The summed E-state index contributed by atoms with van der Waals surface area (Å²) in [6.45, 7) is 6.64. The molecule has 0 spiro atoms. The second-order valence-corrected chi connectivity index (χ2v) is 6.12. The summed E-state index contributed by atoms with van der Waals surface area (Å²) >= 11 is 1.72. The van der Waals surface area contributed by atoms with Crippen molar-refractivity contribution in [1.29, 1.82) is 0 Å². The van der Waals surface area contributed by atoms with Crippen molar-refractivity contribution in [3.63, 3.8) is 0 Å². The van der Waals surface area contributed by atoms with E-state index in [4.69, 9.17) is 4.74 Å². The van der Waals surface area contributed by atoms with Crippen LogP contribution in [-0.4, -0.2) is 25.2 Å². The maximum atomic E-state index is 5.02. The van der Waals surface area contributed by atoms with E-state index in [1.807, 2.05) is 6.20 Å². The number of nitrogens with one attached hydrogen (secondary N) is 1. The maximum Gasteiger partial charge on any atom is 0.104 e. The van der Waals surface area contributed by atoms with Crippen LogP contribution in [0.5, 0.6) is 0 Å². The number of benzene rings is 1. The van der Waals surface area contributed by atoms with Crippen molar-refractivity contribution in [3.05, 3.63) is 53.2 Å². The molecule has 0 saturated heterocycles. The third kappa shape index (κ3) is 5.16.